The third kappa shape index (κ3) is 2.56. The van der Waals surface area contributed by atoms with E-state index >= 15 is 0 Å². The molecule has 0 amide bonds. The van der Waals surface area contributed by atoms with Crippen LogP contribution in [0.1, 0.15) is 50.5 Å². The molecule has 1 heterocycles. The number of Topliss-reactive ketones (excluding diaryl/α,β-unsaturated/α-hetero) is 4. The summed E-state index contributed by atoms with van der Waals surface area (Å²) >= 11 is 1.09. The van der Waals surface area contributed by atoms with E-state index in [2.05, 4.69) is 0 Å². The molecular weight excluding hydrogens is 378 g/mol. The number of benzene rings is 1. The van der Waals surface area contributed by atoms with Crippen LogP contribution in [0, 0.1) is 23.7 Å². The predicted octanol–water partition coefficient (Wildman–Crippen LogP) is 2.96. The topological polar surface area (TPSA) is 90.3 Å². The highest BCUT2D eigenvalue weighted by Crippen LogP contribution is 2.42. The van der Waals surface area contributed by atoms with Crippen LogP contribution in [-0.2, 0) is 20.9 Å². The summed E-state index contributed by atoms with van der Waals surface area (Å²) in [4.78, 5) is 63.9. The lowest BCUT2D eigenvalue weighted by Crippen LogP contribution is -2.59. The molecule has 0 unspecified atom stereocenters. The summed E-state index contributed by atoms with van der Waals surface area (Å²) in [6.07, 6.45) is 0. The zero-order chi connectivity index (χ0) is 21.2. The molecule has 0 radical (unpaired) electrons. The van der Waals surface area contributed by atoms with Crippen molar-refractivity contribution in [3.8, 4) is 0 Å². The van der Waals surface area contributed by atoms with E-state index in [1.54, 1.807) is 23.6 Å². The number of fused-ring (bicyclic) bond motifs is 1. The number of aryl methyl sites for hydroxylation is 2. The normalized spacial score (nSPS) is 19.4. The zero-order valence-electron chi connectivity index (χ0n) is 16.8. The largest absolute Gasteiger partial charge is 0.308 e. The van der Waals surface area contributed by atoms with Crippen molar-refractivity contribution < 1.29 is 19.2 Å². The van der Waals surface area contributed by atoms with Gasteiger partial charge in [-0.05, 0) is 59.2 Å². The molecular formula is C21H23NO5S. The summed E-state index contributed by atoms with van der Waals surface area (Å²) in [7, 11) is 0. The van der Waals surface area contributed by atoms with Crippen LogP contribution >= 0.6 is 11.3 Å². The van der Waals surface area contributed by atoms with Crippen molar-refractivity contribution in [1.29, 1.82) is 0 Å². The Morgan fingerprint density at radius 2 is 1.57 bits per heavy atom. The number of hydrogen-bond acceptors (Lipinski definition) is 6. The lowest BCUT2D eigenvalue weighted by molar-refractivity contribution is -0.158. The molecule has 6 nitrogen and oxygen atoms in total. The van der Waals surface area contributed by atoms with Gasteiger partial charge in [0.1, 0.15) is 5.92 Å². The highest BCUT2D eigenvalue weighted by molar-refractivity contribution is 7.16. The number of nitrogens with zero attached hydrogens (tertiary/aromatic N) is 1. The van der Waals surface area contributed by atoms with E-state index in [4.69, 9.17) is 0 Å². The van der Waals surface area contributed by atoms with Crippen molar-refractivity contribution in [3.63, 3.8) is 0 Å². The smallest absolute Gasteiger partial charge is 0.299 e. The first kappa shape index (κ1) is 20.3. The molecule has 1 aromatic carbocycles. The Balaban J connectivity index is 2.20. The zero-order valence-corrected chi connectivity index (χ0v) is 17.7. The van der Waals surface area contributed by atoms with Gasteiger partial charge in [0.05, 0.1) is 21.0 Å². The lowest BCUT2D eigenvalue weighted by atomic mass is 9.57. The molecule has 1 saturated carbocycles. The van der Waals surface area contributed by atoms with Crippen LogP contribution in [0.4, 0.5) is 0 Å². The molecule has 0 bridgehead atoms. The van der Waals surface area contributed by atoms with Gasteiger partial charge in [0.15, 0.2) is 23.1 Å². The fraction of sp³-hybridized carbons (Fsp3) is 0.476. The number of carbonyl (C=O) groups is 4. The van der Waals surface area contributed by atoms with Gasteiger partial charge in [-0.2, -0.15) is 0 Å². The predicted molar refractivity (Wildman–Crippen MR) is 107 cm³/mol. The molecule has 0 aliphatic heterocycles. The second kappa shape index (κ2) is 6.30. The molecule has 0 atom stereocenters. The number of hydrogen-bond donors (Lipinski definition) is 0. The fourth-order valence-electron chi connectivity index (χ4n) is 4.13. The Morgan fingerprint density at radius 1 is 1.04 bits per heavy atom. The van der Waals surface area contributed by atoms with Gasteiger partial charge >= 0.3 is 4.87 Å². The van der Waals surface area contributed by atoms with E-state index in [0.29, 0.717) is 17.6 Å². The highest BCUT2D eigenvalue weighted by Gasteiger charge is 2.60. The fourth-order valence-corrected chi connectivity index (χ4v) is 5.14. The molecule has 0 saturated heterocycles. The second-order valence-electron chi connectivity index (χ2n) is 8.30. The number of thiazole rings is 1. The van der Waals surface area contributed by atoms with E-state index < -0.39 is 39.9 Å². The van der Waals surface area contributed by atoms with Gasteiger partial charge in [0.25, 0.3) is 0 Å². The molecule has 3 rings (SSSR count). The quantitative estimate of drug-likeness (QED) is 0.583. The van der Waals surface area contributed by atoms with Gasteiger partial charge in [-0.15, -0.1) is 0 Å². The Morgan fingerprint density at radius 3 is 2.07 bits per heavy atom. The van der Waals surface area contributed by atoms with Crippen molar-refractivity contribution in [3.05, 3.63) is 32.9 Å². The molecule has 2 aromatic rings. The van der Waals surface area contributed by atoms with Gasteiger partial charge in [0.2, 0.25) is 0 Å². The van der Waals surface area contributed by atoms with Gasteiger partial charge in [-0.3, -0.25) is 28.5 Å². The van der Waals surface area contributed by atoms with E-state index in [0.717, 1.165) is 16.0 Å². The van der Waals surface area contributed by atoms with Gasteiger partial charge in [-0.1, -0.05) is 11.3 Å². The van der Waals surface area contributed by atoms with Crippen molar-refractivity contribution in [2.75, 3.05) is 0 Å². The number of ketones is 4. The minimum Gasteiger partial charge on any atom is -0.299 e. The van der Waals surface area contributed by atoms with Crippen LogP contribution in [0.2, 0.25) is 0 Å². The van der Waals surface area contributed by atoms with E-state index in [1.807, 2.05) is 6.92 Å². The first-order valence-electron chi connectivity index (χ1n) is 9.18. The maximum Gasteiger partial charge on any atom is 0.308 e. The summed E-state index contributed by atoms with van der Waals surface area (Å²) in [6, 6.07) is 3.24. The molecule has 28 heavy (non-hydrogen) atoms. The van der Waals surface area contributed by atoms with Crippen LogP contribution < -0.4 is 4.87 Å². The molecule has 0 spiro atoms. The van der Waals surface area contributed by atoms with E-state index in [9.17, 15) is 24.0 Å². The highest BCUT2D eigenvalue weighted by atomic mass is 32.1. The minimum atomic E-state index is -1.51. The molecule has 7 heteroatoms. The van der Waals surface area contributed by atoms with Crippen molar-refractivity contribution in [2.45, 2.75) is 48.1 Å². The van der Waals surface area contributed by atoms with Gasteiger partial charge < -0.3 is 0 Å². The van der Waals surface area contributed by atoms with Crippen LogP contribution in [-0.4, -0.2) is 27.7 Å². The van der Waals surface area contributed by atoms with Crippen molar-refractivity contribution >= 4 is 44.7 Å². The number of aromatic nitrogens is 1. The van der Waals surface area contributed by atoms with Gasteiger partial charge in [-0.25, -0.2) is 0 Å². The summed E-state index contributed by atoms with van der Waals surface area (Å²) in [6.45, 7) is 9.88. The van der Waals surface area contributed by atoms with Crippen LogP contribution in [0.25, 0.3) is 10.2 Å². The Kier molecular flexibility index (Phi) is 4.58. The average molecular weight is 401 g/mol. The van der Waals surface area contributed by atoms with Crippen molar-refractivity contribution in [1.82, 2.24) is 4.57 Å². The molecule has 0 N–H and O–H groups in total. The molecule has 1 aliphatic carbocycles. The monoisotopic (exact) mass is 401 g/mol. The minimum absolute atomic E-state index is 0.122. The van der Waals surface area contributed by atoms with Crippen LogP contribution in [0.15, 0.2) is 16.9 Å². The molecule has 148 valence electrons. The Labute approximate surface area is 166 Å². The molecule has 1 aromatic heterocycles. The standard InChI is InChI=1S/C21H23NO5S/c1-7-22-14-10(2)11(8-9-12(14)28-19(22)27)15(23)13-16(24)20(3,4)18(26)21(5,6)17(13)25/h8-9,13H,7H2,1-6H3. The Hall–Kier alpha value is -2.41. The number of carbonyl (C=O) groups excluding carboxylic acids is 4. The van der Waals surface area contributed by atoms with E-state index in [-0.39, 0.29) is 10.4 Å². The summed E-state index contributed by atoms with van der Waals surface area (Å²) in [5.74, 6) is -3.92. The SMILES string of the molecule is CCn1c(=O)sc2ccc(C(=O)C3C(=O)C(C)(C)C(=O)C(C)(C)C3=O)c(C)c21. The molecule has 1 fully saturated rings. The third-order valence-electron chi connectivity index (χ3n) is 5.82. The summed E-state index contributed by atoms with van der Waals surface area (Å²) < 4.78 is 2.33. The first-order chi connectivity index (χ1) is 12.9. The summed E-state index contributed by atoms with van der Waals surface area (Å²) in [5, 5.41) is 0. The first-order valence-corrected chi connectivity index (χ1v) is 9.99. The lowest BCUT2D eigenvalue weighted by Gasteiger charge is -2.40. The average Bonchev–Trinajstić information content (AvgIpc) is 2.96. The number of rotatable bonds is 3. The van der Waals surface area contributed by atoms with Crippen LogP contribution in [0.5, 0.6) is 0 Å². The summed E-state index contributed by atoms with van der Waals surface area (Å²) in [5.41, 5.74) is -1.38. The van der Waals surface area contributed by atoms with Crippen LogP contribution in [0.3, 0.4) is 0 Å². The second-order valence-corrected chi connectivity index (χ2v) is 9.30. The molecule has 1 aliphatic rings. The van der Waals surface area contributed by atoms with E-state index in [1.165, 1.54) is 27.7 Å². The Bertz CT molecular complexity index is 1090. The van der Waals surface area contributed by atoms with Gasteiger partial charge in [0, 0.05) is 12.1 Å². The third-order valence-corrected chi connectivity index (χ3v) is 6.76. The van der Waals surface area contributed by atoms with Crippen molar-refractivity contribution in [2.24, 2.45) is 16.7 Å². The maximum absolute atomic E-state index is 13.3. The maximum atomic E-state index is 13.3.